The van der Waals surface area contributed by atoms with Gasteiger partial charge in [0.2, 0.25) is 0 Å². The molecule has 0 aliphatic carbocycles. The normalized spacial score (nSPS) is 18.9. The zero-order valence-electron chi connectivity index (χ0n) is 10.8. The lowest BCUT2D eigenvalue weighted by molar-refractivity contribution is 0.0228. The van der Waals surface area contributed by atoms with Crippen LogP contribution in [0.1, 0.15) is 39.5 Å². The van der Waals surface area contributed by atoms with E-state index in [2.05, 4.69) is 19.2 Å². The molecule has 0 aromatic rings. The second kappa shape index (κ2) is 7.25. The van der Waals surface area contributed by atoms with Crippen molar-refractivity contribution in [3.05, 3.63) is 0 Å². The van der Waals surface area contributed by atoms with Crippen molar-refractivity contribution in [2.45, 2.75) is 39.5 Å². The molecule has 0 bridgehead atoms. The minimum Gasteiger partial charge on any atom is -0.396 e. The van der Waals surface area contributed by atoms with E-state index in [-0.39, 0.29) is 0 Å². The molecule has 1 saturated heterocycles. The molecule has 0 radical (unpaired) electrons. The van der Waals surface area contributed by atoms with Crippen LogP contribution in [0.15, 0.2) is 0 Å². The summed E-state index contributed by atoms with van der Waals surface area (Å²) in [6.07, 6.45) is 4.38. The van der Waals surface area contributed by atoms with Crippen LogP contribution in [-0.4, -0.2) is 38.0 Å². The first-order valence-corrected chi connectivity index (χ1v) is 6.56. The molecule has 0 amide bonds. The Morgan fingerprint density at radius 2 is 1.94 bits per heavy atom. The molecule has 0 spiro atoms. The first kappa shape index (κ1) is 13.9. The average molecular weight is 229 g/mol. The second-order valence-corrected chi connectivity index (χ2v) is 5.48. The first-order valence-electron chi connectivity index (χ1n) is 6.56. The van der Waals surface area contributed by atoms with Crippen molar-refractivity contribution in [3.63, 3.8) is 0 Å². The Hall–Kier alpha value is -0.120. The van der Waals surface area contributed by atoms with Crippen LogP contribution in [0.5, 0.6) is 0 Å². The fourth-order valence-electron chi connectivity index (χ4n) is 2.40. The Morgan fingerprint density at radius 1 is 1.25 bits per heavy atom. The van der Waals surface area contributed by atoms with E-state index in [4.69, 9.17) is 9.84 Å². The molecule has 96 valence electrons. The predicted octanol–water partition coefficient (Wildman–Crippen LogP) is 1.80. The quantitative estimate of drug-likeness (QED) is 0.654. The van der Waals surface area contributed by atoms with E-state index in [1.165, 1.54) is 12.8 Å². The standard InChI is InChI=1S/C13H27NO2/c1-13(2,11-14-7-3-4-8-15)12-5-9-16-10-6-12/h12,14-15H,3-11H2,1-2H3. The number of ether oxygens (including phenoxy) is 1. The molecule has 0 atom stereocenters. The zero-order valence-corrected chi connectivity index (χ0v) is 10.8. The van der Waals surface area contributed by atoms with E-state index in [0.717, 1.165) is 45.1 Å². The lowest BCUT2D eigenvalue weighted by Crippen LogP contribution is -2.38. The highest BCUT2D eigenvalue weighted by atomic mass is 16.5. The average Bonchev–Trinajstić information content (AvgIpc) is 2.30. The molecule has 1 rings (SSSR count). The van der Waals surface area contributed by atoms with Crippen molar-refractivity contribution >= 4 is 0 Å². The number of nitrogens with one attached hydrogen (secondary N) is 1. The smallest absolute Gasteiger partial charge is 0.0468 e. The molecular formula is C13H27NO2. The van der Waals surface area contributed by atoms with Crippen LogP contribution in [0.4, 0.5) is 0 Å². The van der Waals surface area contributed by atoms with Crippen LogP contribution in [-0.2, 0) is 4.74 Å². The first-order chi connectivity index (χ1) is 7.67. The topological polar surface area (TPSA) is 41.5 Å². The summed E-state index contributed by atoms with van der Waals surface area (Å²) < 4.78 is 5.40. The van der Waals surface area contributed by atoms with Crippen molar-refractivity contribution in [1.29, 1.82) is 0 Å². The van der Waals surface area contributed by atoms with Gasteiger partial charge in [-0.1, -0.05) is 13.8 Å². The van der Waals surface area contributed by atoms with E-state index in [1.807, 2.05) is 0 Å². The van der Waals surface area contributed by atoms with E-state index in [9.17, 15) is 0 Å². The van der Waals surface area contributed by atoms with Crippen LogP contribution in [0.25, 0.3) is 0 Å². The number of aliphatic hydroxyl groups is 1. The maximum absolute atomic E-state index is 8.69. The Morgan fingerprint density at radius 3 is 2.56 bits per heavy atom. The van der Waals surface area contributed by atoms with Gasteiger partial charge < -0.3 is 15.2 Å². The van der Waals surface area contributed by atoms with Gasteiger partial charge >= 0.3 is 0 Å². The van der Waals surface area contributed by atoms with Crippen molar-refractivity contribution in [2.75, 3.05) is 32.9 Å². The summed E-state index contributed by atoms with van der Waals surface area (Å²) in [6.45, 7) is 8.96. The molecule has 3 heteroatoms. The van der Waals surface area contributed by atoms with E-state index >= 15 is 0 Å². The van der Waals surface area contributed by atoms with Crippen LogP contribution < -0.4 is 5.32 Å². The largest absolute Gasteiger partial charge is 0.396 e. The summed E-state index contributed by atoms with van der Waals surface area (Å²) in [6, 6.07) is 0. The van der Waals surface area contributed by atoms with Crippen LogP contribution in [0, 0.1) is 11.3 Å². The third-order valence-electron chi connectivity index (χ3n) is 3.67. The number of aliphatic hydroxyl groups excluding tert-OH is 1. The van der Waals surface area contributed by atoms with E-state index in [1.54, 1.807) is 0 Å². The molecule has 1 aliphatic rings. The summed E-state index contributed by atoms with van der Waals surface area (Å²) in [4.78, 5) is 0. The molecule has 0 saturated carbocycles. The Bertz CT molecular complexity index is 177. The van der Waals surface area contributed by atoms with Gasteiger partial charge in [0.1, 0.15) is 0 Å². The van der Waals surface area contributed by atoms with Crippen LogP contribution >= 0.6 is 0 Å². The van der Waals surface area contributed by atoms with Gasteiger partial charge in [-0.2, -0.15) is 0 Å². The molecule has 0 aromatic carbocycles. The van der Waals surface area contributed by atoms with Crippen LogP contribution in [0.3, 0.4) is 0 Å². The summed E-state index contributed by atoms with van der Waals surface area (Å²) in [5.74, 6) is 0.784. The molecule has 1 heterocycles. The number of hydrogen-bond acceptors (Lipinski definition) is 3. The second-order valence-electron chi connectivity index (χ2n) is 5.48. The van der Waals surface area contributed by atoms with Crippen molar-refractivity contribution in [1.82, 2.24) is 5.32 Å². The fraction of sp³-hybridized carbons (Fsp3) is 1.00. The molecule has 3 nitrogen and oxygen atoms in total. The van der Waals surface area contributed by atoms with Crippen molar-refractivity contribution < 1.29 is 9.84 Å². The third-order valence-corrected chi connectivity index (χ3v) is 3.67. The number of unbranched alkanes of at least 4 members (excludes halogenated alkanes) is 1. The maximum atomic E-state index is 8.69. The molecule has 2 N–H and O–H groups in total. The summed E-state index contributed by atoms with van der Waals surface area (Å²) in [5, 5.41) is 12.2. The minimum atomic E-state index is 0.311. The monoisotopic (exact) mass is 229 g/mol. The lowest BCUT2D eigenvalue weighted by Gasteiger charge is -2.37. The highest BCUT2D eigenvalue weighted by Crippen LogP contribution is 2.33. The maximum Gasteiger partial charge on any atom is 0.0468 e. The minimum absolute atomic E-state index is 0.311. The zero-order chi connectivity index (χ0) is 11.9. The Balaban J connectivity index is 2.16. The van der Waals surface area contributed by atoms with Gasteiger partial charge in [-0.05, 0) is 43.6 Å². The van der Waals surface area contributed by atoms with Gasteiger partial charge in [-0.15, -0.1) is 0 Å². The van der Waals surface area contributed by atoms with Crippen LogP contribution in [0.2, 0.25) is 0 Å². The molecule has 0 unspecified atom stereocenters. The van der Waals surface area contributed by atoms with Gasteiger partial charge in [-0.25, -0.2) is 0 Å². The third kappa shape index (κ3) is 4.81. The van der Waals surface area contributed by atoms with Crippen molar-refractivity contribution in [2.24, 2.45) is 11.3 Å². The predicted molar refractivity (Wildman–Crippen MR) is 66.5 cm³/mol. The van der Waals surface area contributed by atoms with E-state index in [0.29, 0.717) is 12.0 Å². The Labute approximate surface area is 99.6 Å². The SMILES string of the molecule is CC(C)(CNCCCCO)C1CCOCC1. The molecule has 1 fully saturated rings. The highest BCUT2D eigenvalue weighted by molar-refractivity contribution is 4.82. The van der Waals surface area contributed by atoms with Gasteiger partial charge in [-0.3, -0.25) is 0 Å². The number of rotatable bonds is 7. The molecular weight excluding hydrogens is 202 g/mol. The van der Waals surface area contributed by atoms with Gasteiger partial charge in [0.15, 0.2) is 0 Å². The summed E-state index contributed by atoms with van der Waals surface area (Å²) in [5.41, 5.74) is 0.364. The van der Waals surface area contributed by atoms with Gasteiger partial charge in [0.25, 0.3) is 0 Å². The van der Waals surface area contributed by atoms with E-state index < -0.39 is 0 Å². The molecule has 1 aliphatic heterocycles. The highest BCUT2D eigenvalue weighted by Gasteiger charge is 2.30. The summed E-state index contributed by atoms with van der Waals surface area (Å²) in [7, 11) is 0. The summed E-state index contributed by atoms with van der Waals surface area (Å²) >= 11 is 0. The molecule has 0 aromatic heterocycles. The number of hydrogen-bond donors (Lipinski definition) is 2. The van der Waals surface area contributed by atoms with Crippen molar-refractivity contribution in [3.8, 4) is 0 Å². The van der Waals surface area contributed by atoms with Gasteiger partial charge in [0, 0.05) is 26.4 Å². The lowest BCUT2D eigenvalue weighted by atomic mass is 9.74. The Kier molecular flexibility index (Phi) is 6.32. The van der Waals surface area contributed by atoms with Gasteiger partial charge in [0.05, 0.1) is 0 Å². The fourth-order valence-corrected chi connectivity index (χ4v) is 2.40. The molecule has 16 heavy (non-hydrogen) atoms.